The third-order valence-corrected chi connectivity index (χ3v) is 4.51. The van der Waals surface area contributed by atoms with Crippen LogP contribution >= 0.6 is 11.8 Å². The maximum atomic E-state index is 12.5. The van der Waals surface area contributed by atoms with Gasteiger partial charge in [-0.25, -0.2) is 0 Å². The van der Waals surface area contributed by atoms with Crippen LogP contribution < -0.4 is 10.1 Å². The molecule has 0 aliphatic carbocycles. The fourth-order valence-electron chi connectivity index (χ4n) is 2.26. The Balaban J connectivity index is 1.52. The number of hydrogen-bond donors (Lipinski definition) is 1. The number of amides is 1. The summed E-state index contributed by atoms with van der Waals surface area (Å²) < 4.78 is 10.7. The maximum Gasteiger partial charge on any atom is 0.252 e. The van der Waals surface area contributed by atoms with E-state index in [4.69, 9.17) is 9.26 Å². The molecule has 3 aromatic rings. The summed E-state index contributed by atoms with van der Waals surface area (Å²) in [6.45, 7) is 2.61. The van der Waals surface area contributed by atoms with Crippen molar-refractivity contribution in [1.82, 2.24) is 15.5 Å². The van der Waals surface area contributed by atoms with Crippen LogP contribution in [0.5, 0.6) is 5.75 Å². The molecule has 1 aromatic heterocycles. The lowest BCUT2D eigenvalue weighted by atomic mass is 10.2. The molecule has 7 heteroatoms. The lowest BCUT2D eigenvalue weighted by molar-refractivity contribution is 0.0944. The molecule has 6 nitrogen and oxygen atoms in total. The van der Waals surface area contributed by atoms with E-state index < -0.39 is 0 Å². The van der Waals surface area contributed by atoms with Gasteiger partial charge in [-0.15, -0.1) is 11.8 Å². The number of benzene rings is 2. The summed E-state index contributed by atoms with van der Waals surface area (Å²) in [6, 6.07) is 17.0. The molecule has 1 N–H and O–H groups in total. The summed E-state index contributed by atoms with van der Waals surface area (Å²) in [5.74, 6) is 2.31. The number of aryl methyl sites for hydroxylation is 1. The minimum absolute atomic E-state index is 0.133. The number of aromatic nitrogens is 2. The highest BCUT2D eigenvalue weighted by atomic mass is 32.2. The first-order chi connectivity index (χ1) is 12.7. The molecule has 0 atom stereocenters. The third-order valence-electron chi connectivity index (χ3n) is 3.45. The zero-order valence-electron chi connectivity index (χ0n) is 14.3. The summed E-state index contributed by atoms with van der Waals surface area (Å²) in [5.41, 5.74) is 0.619. The molecule has 0 bridgehead atoms. The van der Waals surface area contributed by atoms with Gasteiger partial charge in [0.25, 0.3) is 5.91 Å². The second-order valence-corrected chi connectivity index (χ2v) is 6.45. The number of nitrogens with zero attached hydrogens (tertiary/aromatic N) is 2. The Morgan fingerprint density at radius 2 is 1.92 bits per heavy atom. The van der Waals surface area contributed by atoms with E-state index in [-0.39, 0.29) is 5.91 Å². The highest BCUT2D eigenvalue weighted by Gasteiger charge is 2.12. The normalized spacial score (nSPS) is 10.5. The summed E-state index contributed by atoms with van der Waals surface area (Å²) >= 11 is 1.49. The largest absolute Gasteiger partial charge is 0.492 e. The van der Waals surface area contributed by atoms with Crippen molar-refractivity contribution in [3.8, 4) is 5.75 Å². The Kier molecular flexibility index (Phi) is 6.27. The van der Waals surface area contributed by atoms with Gasteiger partial charge in [-0.1, -0.05) is 35.5 Å². The van der Waals surface area contributed by atoms with E-state index in [9.17, 15) is 4.79 Å². The number of carbonyl (C=O) groups excluding carboxylic acids is 1. The average Bonchev–Trinajstić information content (AvgIpc) is 3.10. The molecule has 3 rings (SSSR count). The van der Waals surface area contributed by atoms with Crippen molar-refractivity contribution in [2.45, 2.75) is 17.6 Å². The fourth-order valence-corrected chi connectivity index (χ4v) is 3.15. The van der Waals surface area contributed by atoms with Gasteiger partial charge in [0, 0.05) is 4.90 Å². The molecule has 1 amide bonds. The predicted molar refractivity (Wildman–Crippen MR) is 99.3 cm³/mol. The first kappa shape index (κ1) is 18.0. The van der Waals surface area contributed by atoms with Crippen LogP contribution in [-0.4, -0.2) is 29.2 Å². The molecular weight excluding hydrogens is 350 g/mol. The van der Waals surface area contributed by atoms with Gasteiger partial charge < -0.3 is 14.6 Å². The van der Waals surface area contributed by atoms with E-state index >= 15 is 0 Å². The van der Waals surface area contributed by atoms with E-state index in [2.05, 4.69) is 15.5 Å². The zero-order valence-corrected chi connectivity index (χ0v) is 15.2. The van der Waals surface area contributed by atoms with Gasteiger partial charge in [0.2, 0.25) is 5.89 Å². The molecule has 26 heavy (non-hydrogen) atoms. The quantitative estimate of drug-likeness (QED) is 0.484. The maximum absolute atomic E-state index is 12.5. The highest BCUT2D eigenvalue weighted by molar-refractivity contribution is 7.98. The summed E-state index contributed by atoms with van der Waals surface area (Å²) in [4.78, 5) is 17.5. The number of rotatable bonds is 8. The van der Waals surface area contributed by atoms with Gasteiger partial charge in [0.1, 0.15) is 12.4 Å². The lowest BCUT2D eigenvalue weighted by Crippen LogP contribution is -2.28. The van der Waals surface area contributed by atoms with Crippen LogP contribution in [-0.2, 0) is 5.75 Å². The van der Waals surface area contributed by atoms with Crippen molar-refractivity contribution in [2.75, 3.05) is 13.2 Å². The van der Waals surface area contributed by atoms with Gasteiger partial charge >= 0.3 is 0 Å². The van der Waals surface area contributed by atoms with E-state index in [1.165, 1.54) is 11.8 Å². The van der Waals surface area contributed by atoms with Crippen molar-refractivity contribution < 1.29 is 14.1 Å². The standard InChI is InChI=1S/C19H19N3O3S/c1-14-21-18(25-22-14)13-26-17-10-6-5-9-16(17)19(23)20-11-12-24-15-7-3-2-4-8-15/h2-10H,11-13H2,1H3,(H,20,23). The molecule has 0 aliphatic heterocycles. The van der Waals surface area contributed by atoms with E-state index in [0.29, 0.717) is 36.2 Å². The van der Waals surface area contributed by atoms with Gasteiger partial charge in [-0.2, -0.15) is 4.98 Å². The van der Waals surface area contributed by atoms with Gasteiger partial charge in [0.15, 0.2) is 5.82 Å². The second kappa shape index (κ2) is 9.05. The SMILES string of the molecule is Cc1noc(CSc2ccccc2C(=O)NCCOc2ccccc2)n1. The van der Waals surface area contributed by atoms with E-state index in [0.717, 1.165) is 10.6 Å². The van der Waals surface area contributed by atoms with Crippen LogP contribution in [0.15, 0.2) is 64.0 Å². The van der Waals surface area contributed by atoms with E-state index in [1.54, 1.807) is 13.0 Å². The number of hydrogen-bond acceptors (Lipinski definition) is 6. The van der Waals surface area contributed by atoms with Crippen molar-refractivity contribution in [2.24, 2.45) is 0 Å². The lowest BCUT2D eigenvalue weighted by Gasteiger charge is -2.10. The number of ether oxygens (including phenoxy) is 1. The molecule has 134 valence electrons. The Morgan fingerprint density at radius 3 is 2.69 bits per heavy atom. The van der Waals surface area contributed by atoms with Crippen molar-refractivity contribution >= 4 is 17.7 Å². The number of carbonyl (C=O) groups is 1. The first-order valence-electron chi connectivity index (χ1n) is 8.19. The number of para-hydroxylation sites is 1. The monoisotopic (exact) mass is 369 g/mol. The molecule has 0 radical (unpaired) electrons. The Labute approximate surface area is 156 Å². The van der Waals surface area contributed by atoms with Gasteiger partial charge in [0.05, 0.1) is 17.9 Å². The number of thioether (sulfide) groups is 1. The highest BCUT2D eigenvalue weighted by Crippen LogP contribution is 2.25. The molecule has 0 aliphatic rings. The van der Waals surface area contributed by atoms with Crippen molar-refractivity contribution in [3.63, 3.8) is 0 Å². The Morgan fingerprint density at radius 1 is 1.15 bits per heavy atom. The molecule has 1 heterocycles. The zero-order chi connectivity index (χ0) is 18.2. The van der Waals surface area contributed by atoms with Crippen LogP contribution in [0.4, 0.5) is 0 Å². The Bertz CT molecular complexity index is 852. The molecule has 0 unspecified atom stereocenters. The van der Waals surface area contributed by atoms with Gasteiger partial charge in [-0.05, 0) is 31.2 Å². The number of nitrogens with one attached hydrogen (secondary N) is 1. The van der Waals surface area contributed by atoms with Crippen LogP contribution in [0.25, 0.3) is 0 Å². The Hall–Kier alpha value is -2.80. The minimum atomic E-state index is -0.133. The second-order valence-electron chi connectivity index (χ2n) is 5.44. The topological polar surface area (TPSA) is 77.2 Å². The molecule has 0 fully saturated rings. The fraction of sp³-hybridized carbons (Fsp3) is 0.211. The minimum Gasteiger partial charge on any atom is -0.492 e. The predicted octanol–water partition coefficient (Wildman–Crippen LogP) is 3.48. The smallest absolute Gasteiger partial charge is 0.252 e. The van der Waals surface area contributed by atoms with Gasteiger partial charge in [-0.3, -0.25) is 4.79 Å². The molecule has 2 aromatic carbocycles. The summed E-state index contributed by atoms with van der Waals surface area (Å²) in [5, 5.41) is 6.65. The molecule has 0 spiro atoms. The van der Waals surface area contributed by atoms with Crippen molar-refractivity contribution in [1.29, 1.82) is 0 Å². The van der Waals surface area contributed by atoms with Crippen molar-refractivity contribution in [3.05, 3.63) is 71.9 Å². The molecular formula is C19H19N3O3S. The summed E-state index contributed by atoms with van der Waals surface area (Å²) in [6.07, 6.45) is 0. The van der Waals surface area contributed by atoms with E-state index in [1.807, 2.05) is 48.5 Å². The third kappa shape index (κ3) is 5.10. The first-order valence-corrected chi connectivity index (χ1v) is 9.18. The average molecular weight is 369 g/mol. The molecule has 0 saturated heterocycles. The van der Waals surface area contributed by atoms with Crippen LogP contribution in [0, 0.1) is 6.92 Å². The van der Waals surface area contributed by atoms with Crippen LogP contribution in [0.2, 0.25) is 0 Å². The van der Waals surface area contributed by atoms with Crippen LogP contribution in [0.3, 0.4) is 0 Å². The molecule has 0 saturated carbocycles. The summed E-state index contributed by atoms with van der Waals surface area (Å²) in [7, 11) is 0. The van der Waals surface area contributed by atoms with Crippen LogP contribution in [0.1, 0.15) is 22.1 Å².